The number of hydrogen-bond acceptors (Lipinski definition) is 12. The van der Waals surface area contributed by atoms with Crippen molar-refractivity contribution in [3.8, 4) is 0 Å². The molecule has 0 aliphatic carbocycles. The van der Waals surface area contributed by atoms with Crippen molar-refractivity contribution in [1.82, 2.24) is 40.7 Å². The molecule has 0 aromatic rings. The van der Waals surface area contributed by atoms with Crippen molar-refractivity contribution < 1.29 is 9.59 Å². The molecule has 4 amide bonds. The van der Waals surface area contributed by atoms with E-state index >= 15 is 0 Å². The lowest BCUT2D eigenvalue weighted by Gasteiger charge is -2.35. The topological polar surface area (TPSA) is 161 Å². The molecular formula is C12H18N12O4S2. The molecule has 2 saturated heterocycles. The minimum atomic E-state index is -0.677. The number of rotatable bonds is 2. The third kappa shape index (κ3) is 2.93. The third-order valence-corrected chi connectivity index (χ3v) is 7.11. The monoisotopic (exact) mass is 458 g/mol. The number of amides is 4. The van der Waals surface area contributed by atoms with Crippen LogP contribution >= 0.6 is 21.6 Å². The lowest BCUT2D eigenvalue weighted by molar-refractivity contribution is 0.0538. The van der Waals surface area contributed by atoms with Gasteiger partial charge in [0.25, 0.3) is 0 Å². The summed E-state index contributed by atoms with van der Waals surface area (Å²) < 4.78 is 0. The van der Waals surface area contributed by atoms with Gasteiger partial charge in [-0.15, -0.1) is 20.0 Å². The van der Waals surface area contributed by atoms with E-state index in [1.807, 2.05) is 0 Å². The van der Waals surface area contributed by atoms with Crippen LogP contribution in [0.15, 0.2) is 20.6 Å². The molecule has 4 heterocycles. The number of fused-ring (bicyclic) bond motifs is 2. The Kier molecular flexibility index (Phi) is 4.96. The molecule has 0 aromatic heterocycles. The molecule has 0 bridgehead atoms. The average Bonchev–Trinajstić information content (AvgIpc) is 3.11. The maximum Gasteiger partial charge on any atom is 0.323 e. The van der Waals surface area contributed by atoms with Crippen LogP contribution < -0.4 is 10.9 Å². The fourth-order valence-corrected chi connectivity index (χ4v) is 5.24. The molecule has 18 heteroatoms. The highest BCUT2D eigenvalue weighted by Crippen LogP contribution is 2.34. The molecule has 0 aromatic carbocycles. The van der Waals surface area contributed by atoms with Gasteiger partial charge in [-0.05, 0) is 21.6 Å². The number of nitrogens with one attached hydrogen (secondary N) is 2. The first-order valence-electron chi connectivity index (χ1n) is 8.56. The minimum Gasteiger partial charge on any atom is -0.301 e. The summed E-state index contributed by atoms with van der Waals surface area (Å²) in [5.41, 5.74) is 5.50. The number of amidine groups is 2. The van der Waals surface area contributed by atoms with E-state index in [0.717, 1.165) is 31.8 Å². The predicted molar refractivity (Wildman–Crippen MR) is 109 cm³/mol. The second-order valence-corrected chi connectivity index (χ2v) is 8.88. The average molecular weight is 458 g/mol. The molecule has 162 valence electrons. The van der Waals surface area contributed by atoms with Crippen molar-refractivity contribution in [1.29, 1.82) is 0 Å². The Balaban J connectivity index is 1.51. The Labute approximate surface area is 177 Å². The smallest absolute Gasteiger partial charge is 0.301 e. The molecule has 0 unspecified atom stereocenters. The molecule has 4 aliphatic rings. The van der Waals surface area contributed by atoms with Crippen LogP contribution in [0.5, 0.6) is 0 Å². The zero-order chi connectivity index (χ0) is 21.7. The normalized spacial score (nSPS) is 30.5. The lowest BCUT2D eigenvalue weighted by atomic mass is 10.4. The Hall–Kier alpha value is -3.02. The number of urea groups is 2. The summed E-state index contributed by atoms with van der Waals surface area (Å²) in [5.74, 6) is 0. The van der Waals surface area contributed by atoms with Gasteiger partial charge in [0.2, 0.25) is 0 Å². The fraction of sp³-hybridized carbons (Fsp3) is 0.667. The first kappa shape index (κ1) is 20.3. The second kappa shape index (κ2) is 7.35. The highest BCUT2D eigenvalue weighted by Gasteiger charge is 2.50. The Morgan fingerprint density at radius 2 is 1.10 bits per heavy atom. The standard InChI is InChI=1S/C12H18N12O4S2/c1-19-5-7(21(3)11(19)25)23(17-27)15-9(13-5)29-30-10-14-6-8(24(16-10)18-28)22(4)12(26)20(6)2/h5-8H,1-4H3,(H,13,15)(H,14,16)/t5-,6-,7-,8-/m0/s1. The maximum atomic E-state index is 12.2. The van der Waals surface area contributed by atoms with Crippen LogP contribution in [0.2, 0.25) is 0 Å². The molecule has 0 spiro atoms. The number of hydrogen-bond donors (Lipinski definition) is 2. The molecule has 30 heavy (non-hydrogen) atoms. The molecule has 16 nitrogen and oxygen atoms in total. The zero-order valence-electron chi connectivity index (χ0n) is 16.2. The molecule has 4 atom stereocenters. The van der Waals surface area contributed by atoms with Gasteiger partial charge in [0.05, 0.1) is 10.6 Å². The summed E-state index contributed by atoms with van der Waals surface area (Å²) in [5, 5.41) is 8.53. The number of carbonyl (C=O) groups excluding carboxylic acids is 2. The van der Waals surface area contributed by atoms with Crippen LogP contribution in [0.4, 0.5) is 9.59 Å². The van der Waals surface area contributed by atoms with Crippen molar-refractivity contribution in [2.75, 3.05) is 28.2 Å². The molecule has 0 radical (unpaired) electrons. The van der Waals surface area contributed by atoms with Crippen molar-refractivity contribution >= 4 is 44.0 Å². The van der Waals surface area contributed by atoms with E-state index in [0.29, 0.717) is 10.3 Å². The van der Waals surface area contributed by atoms with E-state index in [4.69, 9.17) is 0 Å². The Morgan fingerprint density at radius 1 is 0.733 bits per heavy atom. The van der Waals surface area contributed by atoms with Gasteiger partial charge in [-0.25, -0.2) is 19.6 Å². The van der Waals surface area contributed by atoms with Crippen molar-refractivity contribution in [2.24, 2.45) is 20.6 Å². The third-order valence-electron chi connectivity index (χ3n) is 5.12. The van der Waals surface area contributed by atoms with Crippen molar-refractivity contribution in [2.45, 2.75) is 24.7 Å². The quantitative estimate of drug-likeness (QED) is 0.403. The number of aliphatic imine (C=N–C) groups is 2. The first-order chi connectivity index (χ1) is 14.3. The highest BCUT2D eigenvalue weighted by atomic mass is 33.1. The van der Waals surface area contributed by atoms with Gasteiger partial charge in [0, 0.05) is 28.2 Å². The second-order valence-electron chi connectivity index (χ2n) is 6.77. The SMILES string of the molecule is CN1C(=O)N(C)[C@@H]2[C@H]1N=C(SSC1=N[C@@H]3[C@H](N(N=O)N1)N(C)C(=O)N3C)NN2N=O. The van der Waals surface area contributed by atoms with Gasteiger partial charge in [-0.1, -0.05) is 0 Å². The zero-order valence-corrected chi connectivity index (χ0v) is 17.9. The number of nitrogens with zero attached hydrogens (tertiary/aromatic N) is 10. The van der Waals surface area contributed by atoms with Crippen LogP contribution in [0.1, 0.15) is 0 Å². The number of nitroso groups, excluding NO2 is 2. The van der Waals surface area contributed by atoms with Gasteiger partial charge in [-0.2, -0.15) is 0 Å². The minimum absolute atomic E-state index is 0.293. The summed E-state index contributed by atoms with van der Waals surface area (Å²) in [6.45, 7) is 0. The van der Waals surface area contributed by atoms with Gasteiger partial charge in [0.15, 0.2) is 35.0 Å². The largest absolute Gasteiger partial charge is 0.323 e. The predicted octanol–water partition coefficient (Wildman–Crippen LogP) is -0.618. The summed E-state index contributed by atoms with van der Waals surface area (Å²) >= 11 is 0. The Bertz CT molecular complexity index is 787. The maximum absolute atomic E-state index is 12.2. The van der Waals surface area contributed by atoms with E-state index < -0.39 is 24.7 Å². The Morgan fingerprint density at radius 3 is 1.43 bits per heavy atom. The number of likely N-dealkylation sites (N-methyl/N-ethyl adjacent to an activating group) is 4. The summed E-state index contributed by atoms with van der Waals surface area (Å²) in [6.07, 6.45) is -2.61. The number of hydrazine groups is 2. The summed E-state index contributed by atoms with van der Waals surface area (Å²) in [7, 11) is 8.49. The number of carbonyl (C=O) groups is 2. The van der Waals surface area contributed by atoms with Crippen LogP contribution in [-0.4, -0.2) is 105 Å². The van der Waals surface area contributed by atoms with Crippen LogP contribution in [0.25, 0.3) is 0 Å². The van der Waals surface area contributed by atoms with Gasteiger partial charge >= 0.3 is 12.1 Å². The van der Waals surface area contributed by atoms with Crippen molar-refractivity contribution in [3.63, 3.8) is 0 Å². The van der Waals surface area contributed by atoms with E-state index in [1.54, 1.807) is 28.2 Å². The van der Waals surface area contributed by atoms with E-state index in [-0.39, 0.29) is 12.1 Å². The van der Waals surface area contributed by atoms with E-state index in [9.17, 15) is 19.4 Å². The first-order valence-corrected chi connectivity index (χ1v) is 10.7. The van der Waals surface area contributed by atoms with Gasteiger partial charge < -0.3 is 19.6 Å². The highest BCUT2D eigenvalue weighted by molar-refractivity contribution is 8.87. The summed E-state index contributed by atoms with van der Waals surface area (Å²) in [4.78, 5) is 61.3. The molecule has 0 saturated carbocycles. The van der Waals surface area contributed by atoms with Crippen LogP contribution in [0.3, 0.4) is 0 Å². The van der Waals surface area contributed by atoms with E-state index in [1.165, 1.54) is 19.6 Å². The lowest BCUT2D eigenvalue weighted by Crippen LogP contribution is -2.58. The molecular weight excluding hydrogens is 440 g/mol. The van der Waals surface area contributed by atoms with E-state index in [2.05, 4.69) is 31.4 Å². The molecule has 2 fully saturated rings. The summed E-state index contributed by atoms with van der Waals surface area (Å²) in [6, 6.07) is -0.587. The molecule has 4 rings (SSSR count). The fourth-order valence-electron chi connectivity index (χ4n) is 3.56. The van der Waals surface area contributed by atoms with Crippen LogP contribution in [-0.2, 0) is 0 Å². The van der Waals surface area contributed by atoms with Gasteiger partial charge in [0.1, 0.15) is 0 Å². The van der Waals surface area contributed by atoms with Crippen molar-refractivity contribution in [3.05, 3.63) is 9.81 Å². The van der Waals surface area contributed by atoms with Crippen LogP contribution in [0, 0.1) is 9.81 Å². The van der Waals surface area contributed by atoms with Gasteiger partial charge in [-0.3, -0.25) is 10.9 Å². The molecule has 2 N–H and O–H groups in total. The molecule has 4 aliphatic heterocycles.